The highest BCUT2D eigenvalue weighted by atomic mass is 16.5. The number of amides is 1. The van der Waals surface area contributed by atoms with Crippen LogP contribution in [0.4, 0.5) is 0 Å². The van der Waals surface area contributed by atoms with E-state index in [1.165, 1.54) is 5.56 Å². The Morgan fingerprint density at radius 1 is 1.21 bits per heavy atom. The molecule has 1 aliphatic heterocycles. The standard InChI is InChI=1S/C23H28N4O2/c1-17-7-8-21-26-18(14-27(21)13-17)15-29-20-6-4-3-5-19(20)22(28)25-16-23(2)9-11-24-12-10-23/h3-8,13-14,24H,9-12,15-16H2,1-2H3,(H,25,28). The average Bonchev–Trinajstić information content (AvgIpc) is 3.13. The lowest BCUT2D eigenvalue weighted by molar-refractivity contribution is 0.0917. The van der Waals surface area contributed by atoms with Gasteiger partial charge in [0.05, 0.1) is 11.3 Å². The second-order valence-electron chi connectivity index (χ2n) is 8.23. The molecule has 0 unspecified atom stereocenters. The number of carbonyl (C=O) groups is 1. The molecule has 0 atom stereocenters. The van der Waals surface area contributed by atoms with Crippen LogP contribution < -0.4 is 15.4 Å². The van der Waals surface area contributed by atoms with E-state index in [1.807, 2.05) is 53.2 Å². The summed E-state index contributed by atoms with van der Waals surface area (Å²) in [5.74, 6) is 0.486. The predicted molar refractivity (Wildman–Crippen MR) is 113 cm³/mol. The molecule has 1 aliphatic rings. The summed E-state index contributed by atoms with van der Waals surface area (Å²) in [6, 6.07) is 11.4. The smallest absolute Gasteiger partial charge is 0.255 e. The second kappa shape index (κ2) is 8.25. The van der Waals surface area contributed by atoms with Crippen LogP contribution in [-0.2, 0) is 6.61 Å². The van der Waals surface area contributed by atoms with Crippen LogP contribution in [-0.4, -0.2) is 34.9 Å². The lowest BCUT2D eigenvalue weighted by Crippen LogP contribution is -2.42. The topological polar surface area (TPSA) is 67.7 Å². The first-order valence-corrected chi connectivity index (χ1v) is 10.2. The van der Waals surface area contributed by atoms with E-state index in [1.54, 1.807) is 0 Å². The van der Waals surface area contributed by atoms with Crippen molar-refractivity contribution < 1.29 is 9.53 Å². The molecule has 152 valence electrons. The van der Waals surface area contributed by atoms with Crippen LogP contribution in [0.15, 0.2) is 48.8 Å². The number of hydrogen-bond donors (Lipinski definition) is 2. The molecule has 0 radical (unpaired) electrons. The highest BCUT2D eigenvalue weighted by Gasteiger charge is 2.27. The summed E-state index contributed by atoms with van der Waals surface area (Å²) < 4.78 is 7.97. The maximum Gasteiger partial charge on any atom is 0.255 e. The van der Waals surface area contributed by atoms with Gasteiger partial charge in [-0.05, 0) is 62.0 Å². The summed E-state index contributed by atoms with van der Waals surface area (Å²) in [6.07, 6.45) is 6.13. The number of rotatable bonds is 6. The molecule has 3 heterocycles. The zero-order valence-electron chi connectivity index (χ0n) is 17.1. The Morgan fingerprint density at radius 2 is 2.00 bits per heavy atom. The van der Waals surface area contributed by atoms with Gasteiger partial charge in [-0.3, -0.25) is 4.79 Å². The van der Waals surface area contributed by atoms with Gasteiger partial charge in [0.2, 0.25) is 0 Å². The summed E-state index contributed by atoms with van der Waals surface area (Å²) in [4.78, 5) is 17.4. The van der Waals surface area contributed by atoms with E-state index in [0.29, 0.717) is 24.5 Å². The van der Waals surface area contributed by atoms with E-state index >= 15 is 0 Å². The first-order chi connectivity index (χ1) is 14.0. The Hall–Kier alpha value is -2.86. The van der Waals surface area contributed by atoms with Crippen LogP contribution in [0.2, 0.25) is 0 Å². The lowest BCUT2D eigenvalue weighted by atomic mass is 9.81. The molecule has 6 nitrogen and oxygen atoms in total. The number of aromatic nitrogens is 2. The molecule has 1 saturated heterocycles. The van der Waals surface area contributed by atoms with Crippen molar-refractivity contribution in [2.24, 2.45) is 5.41 Å². The molecular formula is C23H28N4O2. The van der Waals surface area contributed by atoms with Crippen molar-refractivity contribution >= 4 is 11.6 Å². The molecule has 6 heteroatoms. The third-order valence-corrected chi connectivity index (χ3v) is 5.64. The summed E-state index contributed by atoms with van der Waals surface area (Å²) in [7, 11) is 0. The van der Waals surface area contributed by atoms with Gasteiger partial charge in [0, 0.05) is 18.9 Å². The van der Waals surface area contributed by atoms with Gasteiger partial charge in [-0.1, -0.05) is 25.1 Å². The van der Waals surface area contributed by atoms with Crippen LogP contribution in [0.5, 0.6) is 5.75 Å². The van der Waals surface area contributed by atoms with E-state index < -0.39 is 0 Å². The van der Waals surface area contributed by atoms with E-state index in [-0.39, 0.29) is 11.3 Å². The third-order valence-electron chi connectivity index (χ3n) is 5.64. The van der Waals surface area contributed by atoms with Crippen molar-refractivity contribution in [2.75, 3.05) is 19.6 Å². The predicted octanol–water partition coefficient (Wildman–Crippen LogP) is 3.34. The minimum Gasteiger partial charge on any atom is -0.486 e. The number of fused-ring (bicyclic) bond motifs is 1. The Bertz CT molecular complexity index is 1010. The Labute approximate surface area is 171 Å². The summed E-state index contributed by atoms with van der Waals surface area (Å²) in [5, 5.41) is 6.48. The molecule has 0 spiro atoms. The minimum atomic E-state index is -0.0917. The van der Waals surface area contributed by atoms with Crippen molar-refractivity contribution in [3.63, 3.8) is 0 Å². The summed E-state index contributed by atoms with van der Waals surface area (Å²) in [5.41, 5.74) is 3.59. The molecule has 1 amide bonds. The van der Waals surface area contributed by atoms with Crippen LogP contribution in [0, 0.1) is 12.3 Å². The normalized spacial score (nSPS) is 15.9. The van der Waals surface area contributed by atoms with Gasteiger partial charge < -0.3 is 19.8 Å². The van der Waals surface area contributed by atoms with Crippen molar-refractivity contribution in [1.82, 2.24) is 20.0 Å². The number of imidazole rings is 1. The minimum absolute atomic E-state index is 0.0917. The summed E-state index contributed by atoms with van der Waals surface area (Å²) >= 11 is 0. The molecule has 0 saturated carbocycles. The van der Waals surface area contributed by atoms with E-state index in [4.69, 9.17) is 4.74 Å². The number of carbonyl (C=O) groups excluding carboxylic acids is 1. The molecule has 2 aromatic heterocycles. The first kappa shape index (κ1) is 19.5. The van der Waals surface area contributed by atoms with Gasteiger partial charge in [-0.2, -0.15) is 0 Å². The fraction of sp³-hybridized carbons (Fsp3) is 0.391. The lowest BCUT2D eigenvalue weighted by Gasteiger charge is -2.34. The van der Waals surface area contributed by atoms with E-state index in [2.05, 4.69) is 29.5 Å². The van der Waals surface area contributed by atoms with Crippen molar-refractivity contribution in [3.05, 3.63) is 65.6 Å². The average molecular weight is 393 g/mol. The van der Waals surface area contributed by atoms with Gasteiger partial charge >= 0.3 is 0 Å². The fourth-order valence-electron chi connectivity index (χ4n) is 3.75. The number of para-hydroxylation sites is 1. The number of ether oxygens (including phenoxy) is 1. The molecule has 2 N–H and O–H groups in total. The molecule has 29 heavy (non-hydrogen) atoms. The number of pyridine rings is 1. The van der Waals surface area contributed by atoms with Gasteiger partial charge in [-0.15, -0.1) is 0 Å². The van der Waals surface area contributed by atoms with Crippen molar-refractivity contribution in [3.8, 4) is 5.75 Å². The van der Waals surface area contributed by atoms with E-state index in [0.717, 1.165) is 37.3 Å². The molecule has 1 fully saturated rings. The van der Waals surface area contributed by atoms with Gasteiger partial charge in [0.25, 0.3) is 5.91 Å². The zero-order chi connectivity index (χ0) is 20.3. The molecule has 1 aromatic carbocycles. The molecule has 4 rings (SSSR count). The largest absolute Gasteiger partial charge is 0.486 e. The Balaban J connectivity index is 1.42. The summed E-state index contributed by atoms with van der Waals surface area (Å²) in [6.45, 7) is 7.29. The highest BCUT2D eigenvalue weighted by Crippen LogP contribution is 2.27. The van der Waals surface area contributed by atoms with Crippen molar-refractivity contribution in [1.29, 1.82) is 0 Å². The molecular weight excluding hydrogens is 364 g/mol. The number of benzene rings is 1. The van der Waals surface area contributed by atoms with Crippen LogP contribution in [0.3, 0.4) is 0 Å². The zero-order valence-corrected chi connectivity index (χ0v) is 17.1. The number of piperidine rings is 1. The fourth-order valence-corrected chi connectivity index (χ4v) is 3.75. The Kier molecular flexibility index (Phi) is 5.53. The maximum absolute atomic E-state index is 12.8. The van der Waals surface area contributed by atoms with Crippen molar-refractivity contribution in [2.45, 2.75) is 33.3 Å². The maximum atomic E-state index is 12.8. The van der Waals surface area contributed by atoms with Gasteiger partial charge in [-0.25, -0.2) is 4.98 Å². The van der Waals surface area contributed by atoms with Gasteiger partial charge in [0.15, 0.2) is 0 Å². The molecule has 0 aliphatic carbocycles. The highest BCUT2D eigenvalue weighted by molar-refractivity contribution is 5.96. The molecule has 3 aromatic rings. The Morgan fingerprint density at radius 3 is 2.83 bits per heavy atom. The van der Waals surface area contributed by atoms with E-state index in [9.17, 15) is 4.79 Å². The number of nitrogens with one attached hydrogen (secondary N) is 2. The number of hydrogen-bond acceptors (Lipinski definition) is 4. The first-order valence-electron chi connectivity index (χ1n) is 10.2. The van der Waals surface area contributed by atoms with Gasteiger partial charge in [0.1, 0.15) is 18.0 Å². The van der Waals surface area contributed by atoms with Crippen LogP contribution in [0.1, 0.15) is 41.4 Å². The van der Waals surface area contributed by atoms with Crippen LogP contribution in [0.25, 0.3) is 5.65 Å². The number of aryl methyl sites for hydroxylation is 1. The second-order valence-corrected chi connectivity index (χ2v) is 8.23. The van der Waals surface area contributed by atoms with Crippen LogP contribution >= 0.6 is 0 Å². The third kappa shape index (κ3) is 4.59. The quantitative estimate of drug-likeness (QED) is 0.675. The SMILES string of the molecule is Cc1ccc2nc(COc3ccccc3C(=O)NCC3(C)CCNCC3)cn2c1. The monoisotopic (exact) mass is 392 g/mol. The number of nitrogens with zero attached hydrogens (tertiary/aromatic N) is 2. The molecule has 0 bridgehead atoms.